The number of nitrogens with one attached hydrogen (secondary N) is 1. The van der Waals surface area contributed by atoms with Gasteiger partial charge in [0.2, 0.25) is 10.0 Å². The molecule has 0 heterocycles. The highest BCUT2D eigenvalue weighted by atomic mass is 32.2. The van der Waals surface area contributed by atoms with Gasteiger partial charge in [0.15, 0.2) is 6.29 Å². The topological polar surface area (TPSA) is 89.9 Å². The standard InChI is InChI=1S/C15H23F3N2O4S/c1-20(2)25(23,24)13-10-11(14(21)22)6-7-12(13)19-9-5-3-4-8-15(16,17)18/h6-7,10,14,19,21-22H,3-5,8-9H2,1-2H3. The molecule has 1 rings (SSSR count). The second-order valence-electron chi connectivity index (χ2n) is 5.77. The van der Waals surface area contributed by atoms with Crippen LogP contribution in [0.3, 0.4) is 0 Å². The minimum atomic E-state index is -4.17. The SMILES string of the molecule is CN(C)S(=O)(=O)c1cc(C(O)O)ccc1NCCCCCC(F)(F)F. The molecular formula is C15H23F3N2O4S. The van der Waals surface area contributed by atoms with Crippen molar-refractivity contribution >= 4 is 15.7 Å². The average molecular weight is 384 g/mol. The van der Waals surface area contributed by atoms with E-state index < -0.39 is 28.9 Å². The number of nitrogens with zero attached hydrogens (tertiary/aromatic N) is 1. The van der Waals surface area contributed by atoms with Crippen LogP contribution >= 0.6 is 0 Å². The first-order chi connectivity index (χ1) is 11.4. The Morgan fingerprint density at radius 2 is 1.80 bits per heavy atom. The number of aliphatic hydroxyl groups is 2. The third-order valence-electron chi connectivity index (χ3n) is 3.51. The lowest BCUT2D eigenvalue weighted by Gasteiger charge is -2.18. The van der Waals surface area contributed by atoms with Crippen molar-refractivity contribution in [1.82, 2.24) is 4.31 Å². The Morgan fingerprint density at radius 3 is 2.32 bits per heavy atom. The molecule has 0 aromatic heterocycles. The molecule has 0 radical (unpaired) electrons. The maximum Gasteiger partial charge on any atom is 0.389 e. The summed E-state index contributed by atoms with van der Waals surface area (Å²) in [6.07, 6.45) is -5.99. The summed E-state index contributed by atoms with van der Waals surface area (Å²) >= 11 is 0. The predicted molar refractivity (Wildman–Crippen MR) is 87.5 cm³/mol. The van der Waals surface area contributed by atoms with Crippen LogP contribution in [-0.2, 0) is 10.0 Å². The molecule has 144 valence electrons. The smallest absolute Gasteiger partial charge is 0.384 e. The van der Waals surface area contributed by atoms with E-state index in [1.165, 1.54) is 26.2 Å². The fourth-order valence-corrected chi connectivity index (χ4v) is 3.20. The van der Waals surface area contributed by atoms with E-state index in [9.17, 15) is 31.8 Å². The molecule has 0 bridgehead atoms. The Balaban J connectivity index is 2.79. The molecule has 1 aromatic rings. The van der Waals surface area contributed by atoms with E-state index in [0.29, 0.717) is 19.4 Å². The van der Waals surface area contributed by atoms with E-state index in [1.807, 2.05) is 0 Å². The Kier molecular flexibility index (Phi) is 7.66. The molecule has 6 nitrogen and oxygen atoms in total. The lowest BCUT2D eigenvalue weighted by atomic mass is 10.1. The summed E-state index contributed by atoms with van der Waals surface area (Å²) in [5.41, 5.74) is 0.282. The third kappa shape index (κ3) is 6.81. The molecular weight excluding hydrogens is 361 g/mol. The van der Waals surface area contributed by atoms with Crippen molar-refractivity contribution in [2.24, 2.45) is 0 Å². The number of anilines is 1. The van der Waals surface area contributed by atoms with E-state index in [4.69, 9.17) is 0 Å². The van der Waals surface area contributed by atoms with Gasteiger partial charge in [-0.3, -0.25) is 0 Å². The fourth-order valence-electron chi connectivity index (χ4n) is 2.11. The van der Waals surface area contributed by atoms with Crippen molar-refractivity contribution in [2.45, 2.75) is 43.0 Å². The number of aliphatic hydroxyl groups excluding tert-OH is 1. The number of rotatable bonds is 9. The molecule has 0 saturated heterocycles. The highest BCUT2D eigenvalue weighted by Gasteiger charge is 2.26. The maximum absolute atomic E-state index is 12.4. The molecule has 0 aliphatic carbocycles. The van der Waals surface area contributed by atoms with Crippen molar-refractivity contribution in [3.05, 3.63) is 23.8 Å². The fraction of sp³-hybridized carbons (Fsp3) is 0.600. The zero-order chi connectivity index (χ0) is 19.3. The monoisotopic (exact) mass is 384 g/mol. The van der Waals surface area contributed by atoms with Crippen molar-refractivity contribution in [2.75, 3.05) is 26.0 Å². The molecule has 0 aliphatic heterocycles. The molecule has 0 amide bonds. The number of sulfonamides is 1. The molecule has 0 spiro atoms. The Labute approximate surface area is 145 Å². The van der Waals surface area contributed by atoms with Gasteiger partial charge in [-0.15, -0.1) is 0 Å². The normalized spacial score (nSPS) is 12.8. The number of benzene rings is 1. The summed E-state index contributed by atoms with van der Waals surface area (Å²) in [7, 11) is -1.14. The van der Waals surface area contributed by atoms with Gasteiger partial charge in [-0.25, -0.2) is 12.7 Å². The Hall–Kier alpha value is -1.36. The Morgan fingerprint density at radius 1 is 1.16 bits per heavy atom. The van der Waals surface area contributed by atoms with Gasteiger partial charge in [0, 0.05) is 32.6 Å². The van der Waals surface area contributed by atoms with Gasteiger partial charge in [0.05, 0.1) is 5.69 Å². The zero-order valence-corrected chi connectivity index (χ0v) is 14.9. The largest absolute Gasteiger partial charge is 0.389 e. The summed E-state index contributed by atoms with van der Waals surface area (Å²) in [6, 6.07) is 3.93. The number of hydrogen-bond acceptors (Lipinski definition) is 5. The molecule has 3 N–H and O–H groups in total. The maximum atomic E-state index is 12.4. The molecule has 25 heavy (non-hydrogen) atoms. The summed E-state index contributed by atoms with van der Waals surface area (Å²) in [5, 5.41) is 21.3. The summed E-state index contributed by atoms with van der Waals surface area (Å²) in [6.45, 7) is 0.300. The summed E-state index contributed by atoms with van der Waals surface area (Å²) in [4.78, 5) is -0.126. The number of unbranched alkanes of at least 4 members (excludes halogenated alkanes) is 2. The van der Waals surface area contributed by atoms with E-state index in [1.54, 1.807) is 0 Å². The molecule has 10 heteroatoms. The number of hydrogen-bond donors (Lipinski definition) is 3. The minimum absolute atomic E-state index is 0.0175. The van der Waals surface area contributed by atoms with E-state index in [-0.39, 0.29) is 22.6 Å². The second kappa shape index (κ2) is 8.84. The van der Waals surface area contributed by atoms with Crippen LogP contribution in [0.1, 0.15) is 37.5 Å². The van der Waals surface area contributed by atoms with E-state index in [0.717, 1.165) is 10.4 Å². The van der Waals surface area contributed by atoms with Gasteiger partial charge >= 0.3 is 6.18 Å². The van der Waals surface area contributed by atoms with Crippen molar-refractivity contribution in [3.8, 4) is 0 Å². The van der Waals surface area contributed by atoms with Crippen molar-refractivity contribution in [1.29, 1.82) is 0 Å². The number of alkyl halides is 3. The first-order valence-electron chi connectivity index (χ1n) is 7.68. The van der Waals surface area contributed by atoms with E-state index >= 15 is 0 Å². The highest BCUT2D eigenvalue weighted by molar-refractivity contribution is 7.89. The van der Waals surface area contributed by atoms with Crippen LogP contribution in [0.25, 0.3) is 0 Å². The molecule has 1 aromatic carbocycles. The van der Waals surface area contributed by atoms with Crippen molar-refractivity contribution in [3.63, 3.8) is 0 Å². The van der Waals surface area contributed by atoms with Gasteiger partial charge in [-0.2, -0.15) is 13.2 Å². The molecule has 0 unspecified atom stereocenters. The third-order valence-corrected chi connectivity index (χ3v) is 5.37. The van der Waals surface area contributed by atoms with Gasteiger partial charge in [-0.1, -0.05) is 12.5 Å². The quantitative estimate of drug-likeness (QED) is 0.450. The highest BCUT2D eigenvalue weighted by Crippen LogP contribution is 2.27. The summed E-state index contributed by atoms with van der Waals surface area (Å²) in [5.74, 6) is 0. The van der Waals surface area contributed by atoms with Crippen LogP contribution in [0.2, 0.25) is 0 Å². The first kappa shape index (κ1) is 21.7. The lowest BCUT2D eigenvalue weighted by molar-refractivity contribution is -0.135. The molecule has 0 atom stereocenters. The number of halogens is 3. The Bertz CT molecular complexity index is 661. The minimum Gasteiger partial charge on any atom is -0.384 e. The van der Waals surface area contributed by atoms with Gasteiger partial charge in [-0.05, 0) is 25.0 Å². The van der Waals surface area contributed by atoms with Crippen LogP contribution in [0, 0.1) is 0 Å². The van der Waals surface area contributed by atoms with Gasteiger partial charge in [0.1, 0.15) is 4.90 Å². The van der Waals surface area contributed by atoms with Gasteiger partial charge < -0.3 is 15.5 Å². The van der Waals surface area contributed by atoms with E-state index in [2.05, 4.69) is 5.32 Å². The zero-order valence-electron chi connectivity index (χ0n) is 14.0. The lowest BCUT2D eigenvalue weighted by Crippen LogP contribution is -2.24. The van der Waals surface area contributed by atoms with Crippen LogP contribution in [0.4, 0.5) is 18.9 Å². The second-order valence-corrected chi connectivity index (χ2v) is 7.89. The van der Waals surface area contributed by atoms with Crippen LogP contribution in [0.5, 0.6) is 0 Å². The van der Waals surface area contributed by atoms with Crippen LogP contribution < -0.4 is 5.32 Å². The molecule has 0 fully saturated rings. The van der Waals surface area contributed by atoms with Crippen LogP contribution in [0.15, 0.2) is 23.1 Å². The van der Waals surface area contributed by atoms with Crippen molar-refractivity contribution < 1.29 is 31.8 Å². The van der Waals surface area contributed by atoms with Gasteiger partial charge in [0.25, 0.3) is 0 Å². The average Bonchev–Trinajstić information content (AvgIpc) is 2.49. The van der Waals surface area contributed by atoms with Crippen LogP contribution in [-0.4, -0.2) is 49.8 Å². The molecule has 0 aliphatic rings. The molecule has 0 saturated carbocycles. The predicted octanol–water partition coefficient (Wildman–Crippen LogP) is 2.45. The first-order valence-corrected chi connectivity index (χ1v) is 9.12. The summed E-state index contributed by atoms with van der Waals surface area (Å²) < 4.78 is 61.9.